The Labute approximate surface area is 200 Å². The predicted molar refractivity (Wildman–Crippen MR) is 133 cm³/mol. The number of hydrogen-bond donors (Lipinski definition) is 3. The van der Waals surface area contributed by atoms with Crippen LogP contribution in [0, 0.1) is 23.2 Å². The molecule has 0 aromatic rings. The van der Waals surface area contributed by atoms with E-state index in [4.69, 9.17) is 4.11 Å². The molecule has 0 heterocycles. The smallest absolute Gasteiger partial charge is 0.0811 e. The molecular formula is C29H48O3. The van der Waals surface area contributed by atoms with Crippen molar-refractivity contribution in [3.05, 3.63) is 35.5 Å². The first-order valence-electron chi connectivity index (χ1n) is 14.6. The van der Waals surface area contributed by atoms with E-state index >= 15 is 0 Å². The van der Waals surface area contributed by atoms with Crippen LogP contribution in [0.1, 0.15) is 109 Å². The van der Waals surface area contributed by atoms with Gasteiger partial charge in [-0.1, -0.05) is 64.8 Å². The number of hydrogen-bond acceptors (Lipinski definition) is 3. The lowest BCUT2D eigenvalue weighted by Gasteiger charge is -2.44. The van der Waals surface area contributed by atoms with E-state index in [1.54, 1.807) is 0 Å². The van der Waals surface area contributed by atoms with E-state index < -0.39 is 30.1 Å². The lowest BCUT2D eigenvalue weighted by molar-refractivity contribution is 0.0178. The highest BCUT2D eigenvalue weighted by Gasteiger charge is 2.50. The van der Waals surface area contributed by atoms with Crippen LogP contribution in [-0.4, -0.2) is 33.1 Å². The van der Waals surface area contributed by atoms with Gasteiger partial charge in [0.05, 0.1) is 17.8 Å². The van der Waals surface area contributed by atoms with E-state index in [0.29, 0.717) is 24.3 Å². The van der Waals surface area contributed by atoms with Crippen LogP contribution in [-0.2, 0) is 0 Å². The summed E-state index contributed by atoms with van der Waals surface area (Å²) in [6, 6.07) is 0. The third-order valence-corrected chi connectivity index (χ3v) is 9.12. The van der Waals surface area contributed by atoms with Crippen molar-refractivity contribution in [2.75, 3.05) is 0 Å². The van der Waals surface area contributed by atoms with E-state index in [9.17, 15) is 15.3 Å². The lowest BCUT2D eigenvalue weighted by Crippen LogP contribution is -2.36. The third-order valence-electron chi connectivity index (χ3n) is 9.12. The molecule has 3 nitrogen and oxygen atoms in total. The van der Waals surface area contributed by atoms with E-state index in [2.05, 4.69) is 19.6 Å². The number of aliphatic hydroxyl groups is 3. The van der Waals surface area contributed by atoms with Crippen molar-refractivity contribution in [1.29, 1.82) is 0 Å². The quantitative estimate of drug-likeness (QED) is 0.399. The molecule has 182 valence electrons. The summed E-state index contributed by atoms with van der Waals surface area (Å²) in [5.41, 5.74) is 1.46. The molecule has 0 unspecified atom stereocenters. The van der Waals surface area contributed by atoms with Crippen LogP contribution in [0.5, 0.6) is 0 Å². The number of allylic oxidation sites excluding steroid dienone is 3. The highest BCUT2D eigenvalue weighted by atomic mass is 16.3. The summed E-state index contributed by atoms with van der Waals surface area (Å²) in [4.78, 5) is 0. The van der Waals surface area contributed by atoms with Crippen LogP contribution in [0.15, 0.2) is 35.5 Å². The largest absolute Gasteiger partial charge is 0.393 e. The molecule has 0 spiro atoms. The first kappa shape index (κ1) is 21.6. The van der Waals surface area contributed by atoms with E-state index in [0.717, 1.165) is 69.8 Å². The maximum atomic E-state index is 10.7. The summed E-state index contributed by atoms with van der Waals surface area (Å²) < 4.78 is 26.0. The fourth-order valence-corrected chi connectivity index (χ4v) is 6.77. The molecule has 0 aromatic heterocycles. The molecule has 3 fully saturated rings. The van der Waals surface area contributed by atoms with Crippen molar-refractivity contribution in [2.24, 2.45) is 23.2 Å². The predicted octanol–water partition coefficient (Wildman–Crippen LogP) is 6.48. The van der Waals surface area contributed by atoms with Crippen LogP contribution in [0.3, 0.4) is 0 Å². The second-order valence-corrected chi connectivity index (χ2v) is 11.0. The fourth-order valence-electron chi connectivity index (χ4n) is 6.77. The van der Waals surface area contributed by atoms with E-state index in [1.807, 2.05) is 19.9 Å². The summed E-state index contributed by atoms with van der Waals surface area (Å²) in [6.45, 7) is 8.30. The summed E-state index contributed by atoms with van der Waals surface area (Å²) in [7, 11) is 0. The Morgan fingerprint density at radius 3 is 2.69 bits per heavy atom. The van der Waals surface area contributed by atoms with Gasteiger partial charge in [0.1, 0.15) is 0 Å². The molecule has 3 aliphatic rings. The van der Waals surface area contributed by atoms with Crippen LogP contribution < -0.4 is 0 Å². The van der Waals surface area contributed by atoms with Crippen LogP contribution >= 0.6 is 0 Å². The van der Waals surface area contributed by atoms with Crippen molar-refractivity contribution < 1.29 is 19.4 Å². The molecule has 0 aromatic carbocycles. The van der Waals surface area contributed by atoms with Crippen molar-refractivity contribution in [1.82, 2.24) is 0 Å². The van der Waals surface area contributed by atoms with Crippen molar-refractivity contribution in [3.63, 3.8) is 0 Å². The van der Waals surface area contributed by atoms with Gasteiger partial charge in [-0.15, -0.1) is 0 Å². The lowest BCUT2D eigenvalue weighted by atomic mass is 9.60. The van der Waals surface area contributed by atoms with Gasteiger partial charge in [0.15, 0.2) is 0 Å². The molecule has 3 saturated carbocycles. The highest BCUT2D eigenvalue weighted by molar-refractivity contribution is 5.38. The summed E-state index contributed by atoms with van der Waals surface area (Å²) >= 11 is 0. The topological polar surface area (TPSA) is 60.7 Å². The minimum Gasteiger partial charge on any atom is -0.393 e. The monoisotopic (exact) mass is 447 g/mol. The average Bonchev–Trinajstić information content (AvgIpc) is 3.22. The molecule has 32 heavy (non-hydrogen) atoms. The Morgan fingerprint density at radius 2 is 2.00 bits per heavy atom. The zero-order valence-corrected chi connectivity index (χ0v) is 20.6. The van der Waals surface area contributed by atoms with E-state index in [-0.39, 0.29) is 11.8 Å². The second kappa shape index (κ2) is 10.6. The van der Waals surface area contributed by atoms with Crippen LogP contribution in [0.4, 0.5) is 0 Å². The Kier molecular flexibility index (Phi) is 7.14. The van der Waals surface area contributed by atoms with Gasteiger partial charge in [0.25, 0.3) is 0 Å². The number of aliphatic hydroxyl groups excluding tert-OH is 2. The standard InChI is InChI=1S/C29H48O3/c1-6-29(32,7-2)17-8-10-20(3)25-14-15-26-22(11-9-16-28(25,26)5)12-13-23-18-24(30)19-27(31)21(23)4/h12-13,20,24-27,30-32H,4,6-11,14-19H2,1-3,5H3/b22-12+,23-13-/t20-,24+,25-,26+,27+,28-/m1/s1/i5D3. The minimum atomic E-state index is -2.02. The molecule has 0 bridgehead atoms. The zero-order valence-electron chi connectivity index (χ0n) is 23.6. The summed E-state index contributed by atoms with van der Waals surface area (Å²) in [6.07, 6.45) is 12.1. The molecule has 0 saturated heterocycles. The third kappa shape index (κ3) is 5.42. The van der Waals surface area contributed by atoms with Gasteiger partial charge in [-0.3, -0.25) is 0 Å². The van der Waals surface area contributed by atoms with Gasteiger partial charge in [-0.2, -0.15) is 0 Å². The minimum absolute atomic E-state index is 0.0444. The summed E-state index contributed by atoms with van der Waals surface area (Å²) in [5, 5.41) is 31.0. The zero-order chi connectivity index (χ0) is 26.0. The first-order chi connectivity index (χ1) is 16.4. The SMILES string of the molecule is [2H]C([2H])([2H])[C@]12CCC/C(=C\C=C3\C[C@H](O)C[C@H](O)C3=C)[C@@H]1CC[C@@H]2[C@H](C)CCCC(O)(CC)CC. The van der Waals surface area contributed by atoms with E-state index in [1.165, 1.54) is 5.57 Å². The van der Waals surface area contributed by atoms with Crippen LogP contribution in [0.25, 0.3) is 0 Å². The van der Waals surface area contributed by atoms with Crippen LogP contribution in [0.2, 0.25) is 0 Å². The molecular weight excluding hydrogens is 396 g/mol. The van der Waals surface area contributed by atoms with Gasteiger partial charge in [-0.05, 0) is 92.1 Å². The van der Waals surface area contributed by atoms with Crippen molar-refractivity contribution in [2.45, 2.75) is 122 Å². The summed E-state index contributed by atoms with van der Waals surface area (Å²) in [5.74, 6) is 0.503. The van der Waals surface area contributed by atoms with Gasteiger partial charge in [0.2, 0.25) is 0 Å². The molecule has 3 rings (SSSR count). The second-order valence-electron chi connectivity index (χ2n) is 11.0. The Hall–Kier alpha value is -0.900. The fraction of sp³-hybridized carbons (Fsp3) is 0.793. The van der Waals surface area contributed by atoms with Gasteiger partial charge in [-0.25, -0.2) is 0 Å². The average molecular weight is 448 g/mol. The van der Waals surface area contributed by atoms with Gasteiger partial charge in [0, 0.05) is 10.5 Å². The van der Waals surface area contributed by atoms with Gasteiger partial charge >= 0.3 is 0 Å². The maximum Gasteiger partial charge on any atom is 0.0811 e. The normalized spacial score (nSPS) is 38.9. The molecule has 3 aliphatic carbocycles. The Balaban J connectivity index is 1.82. The Bertz CT molecular complexity index is 810. The molecule has 6 atom stereocenters. The molecule has 0 aliphatic heterocycles. The molecule has 0 amide bonds. The highest BCUT2D eigenvalue weighted by Crippen LogP contribution is 2.60. The van der Waals surface area contributed by atoms with Crippen molar-refractivity contribution >= 4 is 0 Å². The molecule has 3 heteroatoms. The first-order valence-corrected chi connectivity index (χ1v) is 13.1. The maximum absolute atomic E-state index is 10.7. The van der Waals surface area contributed by atoms with Gasteiger partial charge < -0.3 is 15.3 Å². The number of fused-ring (bicyclic) bond motifs is 1. The Morgan fingerprint density at radius 1 is 1.25 bits per heavy atom. The number of rotatable bonds is 8. The molecule has 0 radical (unpaired) electrons. The molecule has 3 N–H and O–H groups in total. The van der Waals surface area contributed by atoms with Crippen molar-refractivity contribution in [3.8, 4) is 0 Å².